The molecule has 3 amide bonds. The standard InChI is InChI=1S/C34H32F3N3O3/c1-3-9-30(41)40-31(25-10-5-4-6-11-25)33(43)38-21-23-14-19-29(22(2)20-23)39-32(42)28-13-8-7-12-27(28)24-15-17-26(18-16-24)34(35,36)37/h4-8,10-20,31H,3,9,21H2,1-2H3,(H,38,43)(H,39,42)(H,40,41). The quantitative estimate of drug-likeness (QED) is 0.183. The molecule has 43 heavy (non-hydrogen) atoms. The van der Waals surface area contributed by atoms with Crippen molar-refractivity contribution in [2.75, 3.05) is 5.32 Å². The van der Waals surface area contributed by atoms with Crippen LogP contribution in [0.5, 0.6) is 0 Å². The van der Waals surface area contributed by atoms with E-state index in [1.54, 1.807) is 60.7 Å². The lowest BCUT2D eigenvalue weighted by Crippen LogP contribution is -2.40. The second-order valence-electron chi connectivity index (χ2n) is 10.1. The maximum Gasteiger partial charge on any atom is 0.416 e. The van der Waals surface area contributed by atoms with Gasteiger partial charge in [0.1, 0.15) is 6.04 Å². The predicted molar refractivity (Wildman–Crippen MR) is 160 cm³/mol. The van der Waals surface area contributed by atoms with E-state index in [-0.39, 0.29) is 18.4 Å². The van der Waals surface area contributed by atoms with Gasteiger partial charge < -0.3 is 16.0 Å². The summed E-state index contributed by atoms with van der Waals surface area (Å²) >= 11 is 0. The molecular weight excluding hydrogens is 555 g/mol. The normalized spacial score (nSPS) is 11.8. The second-order valence-corrected chi connectivity index (χ2v) is 10.1. The lowest BCUT2D eigenvalue weighted by Gasteiger charge is -2.19. The van der Waals surface area contributed by atoms with Crippen molar-refractivity contribution in [3.8, 4) is 11.1 Å². The Bertz CT molecular complexity index is 1590. The first-order valence-corrected chi connectivity index (χ1v) is 13.9. The zero-order chi connectivity index (χ0) is 31.0. The van der Waals surface area contributed by atoms with E-state index in [2.05, 4.69) is 16.0 Å². The van der Waals surface area contributed by atoms with Gasteiger partial charge in [-0.3, -0.25) is 14.4 Å². The average molecular weight is 588 g/mol. The van der Waals surface area contributed by atoms with Crippen molar-refractivity contribution < 1.29 is 27.6 Å². The third-order valence-electron chi connectivity index (χ3n) is 6.88. The van der Waals surface area contributed by atoms with E-state index in [1.807, 2.05) is 26.0 Å². The van der Waals surface area contributed by atoms with Gasteiger partial charge in [0.2, 0.25) is 11.8 Å². The number of amides is 3. The van der Waals surface area contributed by atoms with Crippen LogP contribution in [-0.2, 0) is 22.3 Å². The van der Waals surface area contributed by atoms with E-state index in [1.165, 1.54) is 12.1 Å². The molecule has 222 valence electrons. The molecule has 9 heteroatoms. The van der Waals surface area contributed by atoms with Crippen LogP contribution in [0.4, 0.5) is 18.9 Å². The third kappa shape index (κ3) is 8.09. The maximum absolute atomic E-state index is 13.2. The molecule has 0 radical (unpaired) electrons. The Morgan fingerprint density at radius 3 is 2.16 bits per heavy atom. The second kappa shape index (κ2) is 13.8. The highest BCUT2D eigenvalue weighted by molar-refractivity contribution is 6.09. The number of carbonyl (C=O) groups is 3. The van der Waals surface area contributed by atoms with Crippen LogP contribution < -0.4 is 16.0 Å². The van der Waals surface area contributed by atoms with Crippen molar-refractivity contribution in [3.63, 3.8) is 0 Å². The Morgan fingerprint density at radius 2 is 1.51 bits per heavy atom. The number of rotatable bonds is 10. The topological polar surface area (TPSA) is 87.3 Å². The fourth-order valence-electron chi connectivity index (χ4n) is 4.63. The minimum Gasteiger partial charge on any atom is -0.350 e. The smallest absolute Gasteiger partial charge is 0.350 e. The summed E-state index contributed by atoms with van der Waals surface area (Å²) in [5, 5.41) is 8.57. The summed E-state index contributed by atoms with van der Waals surface area (Å²) in [7, 11) is 0. The van der Waals surface area contributed by atoms with Gasteiger partial charge in [-0.25, -0.2) is 0 Å². The molecule has 1 unspecified atom stereocenters. The van der Waals surface area contributed by atoms with Crippen LogP contribution in [0.15, 0.2) is 97.1 Å². The number of halogens is 3. The number of hydrogen-bond acceptors (Lipinski definition) is 3. The summed E-state index contributed by atoms with van der Waals surface area (Å²) in [5.74, 6) is -0.957. The highest BCUT2D eigenvalue weighted by Crippen LogP contribution is 2.32. The minimum atomic E-state index is -4.45. The van der Waals surface area contributed by atoms with Crippen LogP contribution in [0, 0.1) is 6.92 Å². The molecule has 4 aromatic carbocycles. The molecule has 0 aliphatic heterocycles. The lowest BCUT2D eigenvalue weighted by molar-refractivity contribution is -0.137. The number of anilines is 1. The van der Waals surface area contributed by atoms with Crippen LogP contribution in [0.2, 0.25) is 0 Å². The van der Waals surface area contributed by atoms with E-state index in [4.69, 9.17) is 0 Å². The zero-order valence-corrected chi connectivity index (χ0v) is 23.8. The first kappa shape index (κ1) is 31.0. The minimum absolute atomic E-state index is 0.206. The Balaban J connectivity index is 1.44. The van der Waals surface area contributed by atoms with Crippen molar-refractivity contribution in [3.05, 3.63) is 125 Å². The molecule has 1 atom stereocenters. The highest BCUT2D eigenvalue weighted by Gasteiger charge is 2.30. The van der Waals surface area contributed by atoms with Crippen molar-refractivity contribution in [2.45, 2.75) is 45.5 Å². The van der Waals surface area contributed by atoms with E-state index in [0.717, 1.165) is 23.3 Å². The van der Waals surface area contributed by atoms with Crippen molar-refractivity contribution in [1.82, 2.24) is 10.6 Å². The number of hydrogen-bond donors (Lipinski definition) is 3. The van der Waals surface area contributed by atoms with E-state index >= 15 is 0 Å². The summed E-state index contributed by atoms with van der Waals surface area (Å²) in [6, 6.07) is 24.9. The van der Waals surface area contributed by atoms with Crippen molar-refractivity contribution >= 4 is 23.4 Å². The third-order valence-corrected chi connectivity index (χ3v) is 6.88. The van der Waals surface area contributed by atoms with E-state index < -0.39 is 23.7 Å². The lowest BCUT2D eigenvalue weighted by atomic mass is 9.98. The molecule has 0 heterocycles. The van der Waals surface area contributed by atoms with Gasteiger partial charge in [0.05, 0.1) is 5.56 Å². The molecule has 0 fully saturated rings. The maximum atomic E-state index is 13.2. The molecule has 0 aliphatic carbocycles. The van der Waals surface area contributed by atoms with Gasteiger partial charge in [-0.2, -0.15) is 13.2 Å². The molecule has 4 rings (SSSR count). The summed E-state index contributed by atoms with van der Waals surface area (Å²) in [6.07, 6.45) is -3.47. The first-order valence-electron chi connectivity index (χ1n) is 13.9. The van der Waals surface area contributed by atoms with Gasteiger partial charge in [-0.1, -0.05) is 79.7 Å². The van der Waals surface area contributed by atoms with Crippen LogP contribution in [0.3, 0.4) is 0 Å². The number of alkyl halides is 3. The molecular formula is C34H32F3N3O3. The Kier molecular flexibility index (Phi) is 9.98. The summed E-state index contributed by atoms with van der Waals surface area (Å²) < 4.78 is 39.0. The Morgan fingerprint density at radius 1 is 0.837 bits per heavy atom. The Labute approximate surface area is 248 Å². The largest absolute Gasteiger partial charge is 0.416 e. The monoisotopic (exact) mass is 587 g/mol. The average Bonchev–Trinajstić information content (AvgIpc) is 3.00. The number of carbonyl (C=O) groups excluding carboxylic acids is 3. The molecule has 3 N–H and O–H groups in total. The molecule has 0 saturated carbocycles. The molecule has 0 aliphatic rings. The van der Waals surface area contributed by atoms with Gasteiger partial charge in [0.15, 0.2) is 0 Å². The van der Waals surface area contributed by atoms with Gasteiger partial charge in [0, 0.05) is 24.2 Å². The van der Waals surface area contributed by atoms with Gasteiger partial charge in [-0.15, -0.1) is 0 Å². The summed E-state index contributed by atoms with van der Waals surface area (Å²) in [5.41, 5.74) is 3.32. The fraction of sp³-hybridized carbons (Fsp3) is 0.206. The number of benzene rings is 4. The fourth-order valence-corrected chi connectivity index (χ4v) is 4.63. The van der Waals surface area contributed by atoms with Gasteiger partial charge in [0.25, 0.3) is 5.91 Å². The zero-order valence-electron chi connectivity index (χ0n) is 23.8. The number of aryl methyl sites for hydroxylation is 1. The van der Waals surface area contributed by atoms with Crippen LogP contribution in [0.25, 0.3) is 11.1 Å². The molecule has 4 aromatic rings. The molecule has 0 aromatic heterocycles. The van der Waals surface area contributed by atoms with E-state index in [0.29, 0.717) is 40.8 Å². The van der Waals surface area contributed by atoms with Crippen molar-refractivity contribution in [1.29, 1.82) is 0 Å². The predicted octanol–water partition coefficient (Wildman–Crippen LogP) is 7.21. The first-order chi connectivity index (χ1) is 20.6. The van der Waals surface area contributed by atoms with Gasteiger partial charge in [-0.05, 0) is 65.4 Å². The van der Waals surface area contributed by atoms with Crippen LogP contribution in [-0.4, -0.2) is 17.7 Å². The molecule has 0 bridgehead atoms. The molecule has 0 spiro atoms. The molecule has 6 nitrogen and oxygen atoms in total. The van der Waals surface area contributed by atoms with Gasteiger partial charge >= 0.3 is 6.18 Å². The highest BCUT2D eigenvalue weighted by atomic mass is 19.4. The SMILES string of the molecule is CCCC(=O)NC(C(=O)NCc1ccc(NC(=O)c2ccccc2-c2ccc(C(F)(F)F)cc2)c(C)c1)c1ccccc1. The summed E-state index contributed by atoms with van der Waals surface area (Å²) in [4.78, 5) is 38.6. The van der Waals surface area contributed by atoms with E-state index in [9.17, 15) is 27.6 Å². The Hall–Kier alpha value is -4.92. The van der Waals surface area contributed by atoms with Crippen LogP contribution in [0.1, 0.15) is 58.4 Å². The number of nitrogens with one attached hydrogen (secondary N) is 3. The van der Waals surface area contributed by atoms with Crippen molar-refractivity contribution in [2.24, 2.45) is 0 Å². The molecule has 0 saturated heterocycles. The van der Waals surface area contributed by atoms with Crippen LogP contribution >= 0.6 is 0 Å². The summed E-state index contributed by atoms with van der Waals surface area (Å²) in [6.45, 7) is 3.92.